The van der Waals surface area contributed by atoms with Crippen molar-refractivity contribution in [3.8, 4) is 11.3 Å². The maximum Gasteiger partial charge on any atom is 0.417 e. The van der Waals surface area contributed by atoms with Crippen molar-refractivity contribution in [2.24, 2.45) is 14.1 Å². The Labute approximate surface area is 133 Å². The summed E-state index contributed by atoms with van der Waals surface area (Å²) in [5.41, 5.74) is -2.66. The highest BCUT2D eigenvalue weighted by Crippen LogP contribution is 2.35. The second-order valence-corrected chi connectivity index (χ2v) is 5.32. The lowest BCUT2D eigenvalue weighted by atomic mass is 10.1. The first-order valence-corrected chi connectivity index (χ1v) is 6.95. The molecule has 0 N–H and O–H groups in total. The van der Waals surface area contributed by atoms with Crippen molar-refractivity contribution in [2.45, 2.75) is 6.18 Å². The maximum atomic E-state index is 13.5. The Hall–Kier alpha value is -2.90. The van der Waals surface area contributed by atoms with Crippen LogP contribution in [0.25, 0.3) is 22.3 Å². The normalized spacial score (nSPS) is 11.9. The van der Waals surface area contributed by atoms with Gasteiger partial charge in [-0.1, -0.05) is 30.3 Å². The van der Waals surface area contributed by atoms with Crippen LogP contribution in [0, 0.1) is 0 Å². The molecule has 0 amide bonds. The van der Waals surface area contributed by atoms with Crippen molar-refractivity contribution in [3.05, 3.63) is 62.8 Å². The molecular weight excluding hydrogens is 323 g/mol. The van der Waals surface area contributed by atoms with Gasteiger partial charge in [0.2, 0.25) is 0 Å². The van der Waals surface area contributed by atoms with Gasteiger partial charge in [0.15, 0.2) is 5.65 Å². The van der Waals surface area contributed by atoms with Crippen molar-refractivity contribution in [1.29, 1.82) is 0 Å². The molecule has 24 heavy (non-hydrogen) atoms. The van der Waals surface area contributed by atoms with Crippen LogP contribution >= 0.6 is 0 Å². The molecule has 0 spiro atoms. The molecule has 124 valence electrons. The topological polar surface area (TPSA) is 56.9 Å². The minimum absolute atomic E-state index is 0.0404. The van der Waals surface area contributed by atoms with Gasteiger partial charge in [-0.05, 0) is 6.07 Å². The summed E-state index contributed by atoms with van der Waals surface area (Å²) in [5, 5.41) is -0.619. The Bertz CT molecular complexity index is 1050. The van der Waals surface area contributed by atoms with Gasteiger partial charge in [-0.25, -0.2) is 9.78 Å². The van der Waals surface area contributed by atoms with E-state index in [9.17, 15) is 22.8 Å². The second kappa shape index (κ2) is 5.33. The Morgan fingerprint density at radius 3 is 2.21 bits per heavy atom. The van der Waals surface area contributed by atoms with Crippen LogP contribution in [0.15, 0.2) is 46.0 Å². The van der Waals surface area contributed by atoms with Gasteiger partial charge >= 0.3 is 11.9 Å². The van der Waals surface area contributed by atoms with Crippen molar-refractivity contribution in [3.63, 3.8) is 0 Å². The number of aromatic nitrogens is 3. The van der Waals surface area contributed by atoms with Crippen molar-refractivity contribution in [2.75, 3.05) is 0 Å². The van der Waals surface area contributed by atoms with Crippen LogP contribution in [0.2, 0.25) is 0 Å². The Balaban J connectivity index is 2.54. The maximum absolute atomic E-state index is 13.5. The molecule has 2 aromatic heterocycles. The van der Waals surface area contributed by atoms with Gasteiger partial charge in [-0.3, -0.25) is 13.9 Å². The summed E-state index contributed by atoms with van der Waals surface area (Å²) in [6.45, 7) is 0. The number of fused-ring (bicyclic) bond motifs is 1. The standard InChI is InChI=1S/C16H12F3N3O2/c1-21-13-12(14(23)22(2)15(21)24)10(16(17,18)19)8-11(20-13)9-6-4-3-5-7-9/h3-8H,1-2H3. The van der Waals surface area contributed by atoms with E-state index in [1.165, 1.54) is 7.05 Å². The van der Waals surface area contributed by atoms with Gasteiger partial charge in [0.05, 0.1) is 16.6 Å². The van der Waals surface area contributed by atoms with Crippen LogP contribution < -0.4 is 11.2 Å². The van der Waals surface area contributed by atoms with Crippen LogP contribution in [0.3, 0.4) is 0 Å². The molecule has 0 atom stereocenters. The molecule has 0 aliphatic heterocycles. The highest BCUT2D eigenvalue weighted by molar-refractivity contribution is 5.82. The lowest BCUT2D eigenvalue weighted by Crippen LogP contribution is -2.38. The fourth-order valence-corrected chi connectivity index (χ4v) is 2.54. The van der Waals surface area contributed by atoms with E-state index in [-0.39, 0.29) is 11.3 Å². The third-order valence-corrected chi connectivity index (χ3v) is 3.79. The lowest BCUT2D eigenvalue weighted by molar-refractivity contribution is -0.136. The minimum atomic E-state index is -4.76. The monoisotopic (exact) mass is 335 g/mol. The van der Waals surface area contributed by atoms with Gasteiger partial charge in [-0.15, -0.1) is 0 Å². The first-order chi connectivity index (χ1) is 11.2. The van der Waals surface area contributed by atoms with E-state index in [0.29, 0.717) is 10.1 Å². The average Bonchev–Trinajstić information content (AvgIpc) is 2.57. The number of nitrogens with zero attached hydrogens (tertiary/aromatic N) is 3. The predicted octanol–water partition coefficient (Wildman–Crippen LogP) is 2.32. The van der Waals surface area contributed by atoms with E-state index >= 15 is 0 Å². The zero-order chi connectivity index (χ0) is 17.6. The fraction of sp³-hybridized carbons (Fsp3) is 0.188. The Kier molecular flexibility index (Phi) is 3.55. The summed E-state index contributed by atoms with van der Waals surface area (Å²) in [6.07, 6.45) is -4.76. The molecule has 3 rings (SSSR count). The molecule has 5 nitrogen and oxygen atoms in total. The van der Waals surface area contributed by atoms with E-state index in [4.69, 9.17) is 0 Å². The van der Waals surface area contributed by atoms with Gasteiger partial charge in [-0.2, -0.15) is 13.2 Å². The molecule has 8 heteroatoms. The van der Waals surface area contributed by atoms with Gasteiger partial charge in [0.25, 0.3) is 5.56 Å². The summed E-state index contributed by atoms with van der Waals surface area (Å²) in [5.74, 6) is 0. The summed E-state index contributed by atoms with van der Waals surface area (Å²) < 4.78 is 42.1. The largest absolute Gasteiger partial charge is 0.417 e. The quantitative estimate of drug-likeness (QED) is 0.686. The molecule has 0 radical (unpaired) electrons. The van der Waals surface area contributed by atoms with Crippen LogP contribution in [-0.4, -0.2) is 14.1 Å². The zero-order valence-electron chi connectivity index (χ0n) is 12.8. The zero-order valence-corrected chi connectivity index (χ0v) is 12.8. The number of aryl methyl sites for hydroxylation is 1. The molecule has 0 saturated heterocycles. The molecule has 0 fully saturated rings. The van der Waals surface area contributed by atoms with Gasteiger partial charge < -0.3 is 0 Å². The number of hydrogen-bond donors (Lipinski definition) is 0. The number of alkyl halides is 3. The highest BCUT2D eigenvalue weighted by atomic mass is 19.4. The van der Waals surface area contributed by atoms with Gasteiger partial charge in [0, 0.05) is 19.7 Å². The molecule has 0 bridgehead atoms. The summed E-state index contributed by atoms with van der Waals surface area (Å²) >= 11 is 0. The smallest absolute Gasteiger partial charge is 0.280 e. The number of halogens is 3. The van der Waals surface area contributed by atoms with Crippen LogP contribution in [0.5, 0.6) is 0 Å². The summed E-state index contributed by atoms with van der Waals surface area (Å²) in [6, 6.07) is 9.10. The predicted molar refractivity (Wildman–Crippen MR) is 82.7 cm³/mol. The third-order valence-electron chi connectivity index (χ3n) is 3.79. The lowest BCUT2D eigenvalue weighted by Gasteiger charge is -2.14. The molecule has 0 aliphatic rings. The van der Waals surface area contributed by atoms with Crippen LogP contribution in [-0.2, 0) is 20.3 Å². The van der Waals surface area contributed by atoms with Crippen molar-refractivity contribution < 1.29 is 13.2 Å². The number of benzene rings is 1. The molecule has 2 heterocycles. The van der Waals surface area contributed by atoms with Crippen molar-refractivity contribution >= 4 is 11.0 Å². The van der Waals surface area contributed by atoms with E-state index < -0.39 is 28.4 Å². The second-order valence-electron chi connectivity index (χ2n) is 5.32. The highest BCUT2D eigenvalue weighted by Gasteiger charge is 2.35. The van der Waals surface area contributed by atoms with E-state index in [1.807, 2.05) is 0 Å². The molecular formula is C16H12F3N3O2. The van der Waals surface area contributed by atoms with Crippen LogP contribution in [0.4, 0.5) is 13.2 Å². The van der Waals surface area contributed by atoms with E-state index in [1.54, 1.807) is 30.3 Å². The SMILES string of the molecule is Cn1c(=O)c2c(C(F)(F)F)cc(-c3ccccc3)nc2n(C)c1=O. The molecule has 3 aromatic rings. The number of hydrogen-bond acceptors (Lipinski definition) is 3. The third kappa shape index (κ3) is 2.40. The van der Waals surface area contributed by atoms with Crippen molar-refractivity contribution in [1.82, 2.24) is 14.1 Å². The minimum Gasteiger partial charge on any atom is -0.280 e. The number of pyridine rings is 1. The van der Waals surface area contributed by atoms with E-state index in [0.717, 1.165) is 17.7 Å². The molecule has 1 aromatic carbocycles. The summed E-state index contributed by atoms with van der Waals surface area (Å²) in [4.78, 5) is 28.4. The summed E-state index contributed by atoms with van der Waals surface area (Å²) in [7, 11) is 2.42. The van der Waals surface area contributed by atoms with Gasteiger partial charge in [0.1, 0.15) is 0 Å². The molecule has 0 unspecified atom stereocenters. The first-order valence-electron chi connectivity index (χ1n) is 6.95. The molecule has 0 saturated carbocycles. The first kappa shape index (κ1) is 16.0. The van der Waals surface area contributed by atoms with E-state index in [2.05, 4.69) is 4.98 Å². The Morgan fingerprint density at radius 2 is 1.62 bits per heavy atom. The van der Waals surface area contributed by atoms with Crippen LogP contribution in [0.1, 0.15) is 5.56 Å². The molecule has 0 aliphatic carbocycles. The fourth-order valence-electron chi connectivity index (χ4n) is 2.54. The average molecular weight is 335 g/mol. The number of rotatable bonds is 1. The Morgan fingerprint density at radius 1 is 1.00 bits per heavy atom.